The van der Waals surface area contributed by atoms with Crippen LogP contribution < -0.4 is 4.72 Å². The molecule has 3 rings (SSSR count). The van der Waals surface area contributed by atoms with E-state index in [0.717, 1.165) is 17.7 Å². The summed E-state index contributed by atoms with van der Waals surface area (Å²) in [5.74, 6) is -0.676. The molecule has 2 aromatic carbocycles. The number of hydrogen-bond donors (Lipinski definition) is 1. The first kappa shape index (κ1) is 17.5. The summed E-state index contributed by atoms with van der Waals surface area (Å²) in [7, 11) is -3.94. The maximum atomic E-state index is 13.3. The van der Waals surface area contributed by atoms with Crippen molar-refractivity contribution in [3.8, 4) is 0 Å². The Hall–Kier alpha value is -2.28. The van der Waals surface area contributed by atoms with Gasteiger partial charge in [-0.05, 0) is 35.9 Å². The zero-order chi connectivity index (χ0) is 17.9. The van der Waals surface area contributed by atoms with Crippen molar-refractivity contribution in [1.82, 2.24) is 9.71 Å². The molecular weight excluding hydrogens is 363 g/mol. The molecule has 1 atom stereocenters. The summed E-state index contributed by atoms with van der Waals surface area (Å²) in [5.41, 5.74) is 1.28. The Morgan fingerprint density at radius 1 is 1.00 bits per heavy atom. The van der Waals surface area contributed by atoms with Gasteiger partial charge in [0.05, 0.1) is 21.7 Å². The van der Waals surface area contributed by atoms with Crippen LogP contribution in [0.5, 0.6) is 0 Å². The van der Waals surface area contributed by atoms with Crippen LogP contribution in [0.25, 0.3) is 0 Å². The van der Waals surface area contributed by atoms with E-state index < -0.39 is 21.9 Å². The third kappa shape index (κ3) is 4.04. The first-order chi connectivity index (χ1) is 12.0. The van der Waals surface area contributed by atoms with Crippen LogP contribution in [0, 0.1) is 5.82 Å². The van der Waals surface area contributed by atoms with Crippen LogP contribution >= 0.6 is 11.6 Å². The van der Waals surface area contributed by atoms with Crippen LogP contribution in [0.3, 0.4) is 0 Å². The van der Waals surface area contributed by atoms with Crippen molar-refractivity contribution < 1.29 is 12.8 Å². The van der Waals surface area contributed by atoms with E-state index in [1.807, 2.05) is 18.2 Å². The number of aromatic nitrogens is 1. The standard InChI is InChI=1S/C18H14ClFN2O2S/c19-15-12-14(9-10-16(15)20)25(23,24)22-18(13-6-2-1-3-7-13)17-8-4-5-11-21-17/h1-12,18,22H. The number of benzene rings is 2. The van der Waals surface area contributed by atoms with Crippen LogP contribution in [0.4, 0.5) is 4.39 Å². The lowest BCUT2D eigenvalue weighted by atomic mass is 10.0. The van der Waals surface area contributed by atoms with Crippen molar-refractivity contribution >= 4 is 21.6 Å². The fourth-order valence-electron chi connectivity index (χ4n) is 2.36. The van der Waals surface area contributed by atoms with Gasteiger partial charge in [0.15, 0.2) is 0 Å². The smallest absolute Gasteiger partial charge is 0.241 e. The van der Waals surface area contributed by atoms with E-state index in [2.05, 4.69) is 9.71 Å². The molecule has 0 aliphatic heterocycles. The molecule has 0 aliphatic carbocycles. The molecule has 0 bridgehead atoms. The van der Waals surface area contributed by atoms with Gasteiger partial charge in [0.25, 0.3) is 0 Å². The molecular formula is C18H14ClFN2O2S. The van der Waals surface area contributed by atoms with Gasteiger partial charge in [0.2, 0.25) is 10.0 Å². The summed E-state index contributed by atoms with van der Waals surface area (Å²) in [5, 5.41) is -0.253. The van der Waals surface area contributed by atoms with Gasteiger partial charge in [-0.1, -0.05) is 48.0 Å². The number of nitrogens with zero attached hydrogens (tertiary/aromatic N) is 1. The van der Waals surface area contributed by atoms with E-state index in [-0.39, 0.29) is 9.92 Å². The molecule has 1 N–H and O–H groups in total. The number of nitrogens with one attached hydrogen (secondary N) is 1. The summed E-state index contributed by atoms with van der Waals surface area (Å²) >= 11 is 5.71. The van der Waals surface area contributed by atoms with Crippen molar-refractivity contribution in [1.29, 1.82) is 0 Å². The summed E-state index contributed by atoms with van der Waals surface area (Å²) in [6.45, 7) is 0. The van der Waals surface area contributed by atoms with Crippen molar-refractivity contribution in [3.63, 3.8) is 0 Å². The lowest BCUT2D eigenvalue weighted by Gasteiger charge is -2.19. The van der Waals surface area contributed by atoms with Crippen molar-refractivity contribution in [2.24, 2.45) is 0 Å². The van der Waals surface area contributed by atoms with Crippen LogP contribution in [0.1, 0.15) is 17.3 Å². The molecule has 0 amide bonds. The Morgan fingerprint density at radius 2 is 1.72 bits per heavy atom. The highest BCUT2D eigenvalue weighted by Crippen LogP contribution is 2.25. The molecule has 0 saturated carbocycles. The number of rotatable bonds is 5. The van der Waals surface area contributed by atoms with Crippen LogP contribution in [0.15, 0.2) is 77.8 Å². The van der Waals surface area contributed by atoms with Gasteiger partial charge in [-0.2, -0.15) is 4.72 Å². The molecule has 7 heteroatoms. The summed E-state index contributed by atoms with van der Waals surface area (Å²) in [6.07, 6.45) is 1.59. The minimum Gasteiger partial charge on any atom is -0.259 e. The maximum absolute atomic E-state index is 13.3. The van der Waals surface area contributed by atoms with E-state index in [4.69, 9.17) is 11.6 Å². The first-order valence-corrected chi connectivity index (χ1v) is 9.27. The monoisotopic (exact) mass is 376 g/mol. The van der Waals surface area contributed by atoms with Gasteiger partial charge in [-0.25, -0.2) is 12.8 Å². The molecule has 3 aromatic rings. The van der Waals surface area contributed by atoms with E-state index in [0.29, 0.717) is 5.69 Å². The Balaban J connectivity index is 2.01. The molecule has 1 heterocycles. The molecule has 0 spiro atoms. The molecule has 4 nitrogen and oxygen atoms in total. The Morgan fingerprint density at radius 3 is 2.36 bits per heavy atom. The number of halogens is 2. The number of pyridine rings is 1. The topological polar surface area (TPSA) is 59.1 Å². The molecule has 128 valence electrons. The molecule has 0 radical (unpaired) electrons. The van der Waals surface area contributed by atoms with Gasteiger partial charge in [0, 0.05) is 6.20 Å². The van der Waals surface area contributed by atoms with Gasteiger partial charge in [0.1, 0.15) is 5.82 Å². The van der Waals surface area contributed by atoms with Crippen LogP contribution in [-0.4, -0.2) is 13.4 Å². The molecule has 0 fully saturated rings. The van der Waals surface area contributed by atoms with Gasteiger partial charge in [-0.3, -0.25) is 4.98 Å². The first-order valence-electron chi connectivity index (χ1n) is 7.40. The maximum Gasteiger partial charge on any atom is 0.241 e. The fraction of sp³-hybridized carbons (Fsp3) is 0.0556. The molecule has 0 saturated heterocycles. The van der Waals surface area contributed by atoms with E-state index in [9.17, 15) is 12.8 Å². The second-order valence-corrected chi connectivity index (χ2v) is 7.42. The highest BCUT2D eigenvalue weighted by atomic mass is 35.5. The van der Waals surface area contributed by atoms with E-state index >= 15 is 0 Å². The molecule has 1 unspecified atom stereocenters. The highest BCUT2D eigenvalue weighted by molar-refractivity contribution is 7.89. The van der Waals surface area contributed by atoms with Crippen LogP contribution in [-0.2, 0) is 10.0 Å². The van der Waals surface area contributed by atoms with Gasteiger partial charge >= 0.3 is 0 Å². The predicted molar refractivity (Wildman–Crippen MR) is 94.3 cm³/mol. The van der Waals surface area contributed by atoms with Gasteiger partial charge in [-0.15, -0.1) is 0 Å². The van der Waals surface area contributed by atoms with Crippen LogP contribution in [0.2, 0.25) is 5.02 Å². The highest BCUT2D eigenvalue weighted by Gasteiger charge is 2.24. The Kier molecular flexibility index (Phi) is 5.13. The second kappa shape index (κ2) is 7.31. The SMILES string of the molecule is O=S(=O)(NC(c1ccccc1)c1ccccn1)c1ccc(F)c(Cl)c1. The number of sulfonamides is 1. The summed E-state index contributed by atoms with van der Waals surface area (Å²) in [6, 6.07) is 16.9. The lowest BCUT2D eigenvalue weighted by Crippen LogP contribution is -2.30. The quantitative estimate of drug-likeness (QED) is 0.733. The van der Waals surface area contributed by atoms with E-state index in [1.165, 1.54) is 6.07 Å². The fourth-order valence-corrected chi connectivity index (χ4v) is 3.83. The lowest BCUT2D eigenvalue weighted by molar-refractivity contribution is 0.569. The third-order valence-corrected chi connectivity index (χ3v) is 5.30. The normalized spacial score (nSPS) is 12.7. The summed E-state index contributed by atoms with van der Waals surface area (Å²) in [4.78, 5) is 4.14. The predicted octanol–water partition coefficient (Wildman–Crippen LogP) is 3.94. The van der Waals surface area contributed by atoms with E-state index in [1.54, 1.807) is 36.5 Å². The Labute approximate surface area is 150 Å². The van der Waals surface area contributed by atoms with Crippen molar-refractivity contribution in [2.75, 3.05) is 0 Å². The van der Waals surface area contributed by atoms with Gasteiger partial charge < -0.3 is 0 Å². The summed E-state index contributed by atoms with van der Waals surface area (Å²) < 4.78 is 41.4. The minimum absolute atomic E-state index is 0.115. The average molecular weight is 377 g/mol. The van der Waals surface area contributed by atoms with Crippen molar-refractivity contribution in [2.45, 2.75) is 10.9 Å². The second-order valence-electron chi connectivity index (χ2n) is 5.30. The Bertz CT molecular complexity index is 927. The molecule has 1 aromatic heterocycles. The molecule has 25 heavy (non-hydrogen) atoms. The minimum atomic E-state index is -3.94. The zero-order valence-electron chi connectivity index (χ0n) is 12.9. The zero-order valence-corrected chi connectivity index (χ0v) is 14.5. The largest absolute Gasteiger partial charge is 0.259 e. The van der Waals surface area contributed by atoms with Crippen molar-refractivity contribution in [3.05, 3.63) is 95.0 Å². The molecule has 0 aliphatic rings. The third-order valence-electron chi connectivity index (χ3n) is 3.59. The average Bonchev–Trinajstić information content (AvgIpc) is 2.63. The number of hydrogen-bond acceptors (Lipinski definition) is 3.